The average molecular weight is 370 g/mol. The van der Waals surface area contributed by atoms with Crippen molar-refractivity contribution in [3.8, 4) is 5.75 Å². The molecule has 1 aliphatic heterocycles. The first kappa shape index (κ1) is 19.0. The molecule has 1 heterocycles. The smallest absolute Gasteiger partial charge is 0.271 e. The van der Waals surface area contributed by atoms with E-state index in [0.29, 0.717) is 17.0 Å². The molecule has 2 aromatic rings. The first-order valence-corrected chi connectivity index (χ1v) is 9.29. The lowest BCUT2D eigenvalue weighted by Crippen LogP contribution is -3.11. The van der Waals surface area contributed by atoms with Gasteiger partial charge in [-0.15, -0.1) is 0 Å². The summed E-state index contributed by atoms with van der Waals surface area (Å²) in [6.45, 7) is 4.85. The molecular weight excluding hydrogens is 345 g/mol. The number of aromatic hydroxyl groups is 1. The molecule has 5 nitrogen and oxygen atoms in total. The van der Waals surface area contributed by atoms with Gasteiger partial charge in [-0.3, -0.25) is 4.79 Å². The first-order valence-electron chi connectivity index (χ1n) is 9.29. The number of likely N-dealkylation sites (tertiary alicyclic amines) is 1. The summed E-state index contributed by atoms with van der Waals surface area (Å²) in [6, 6.07) is 10.7. The van der Waals surface area contributed by atoms with Gasteiger partial charge in [0.15, 0.2) is 0 Å². The number of hydrogen-bond acceptors (Lipinski definition) is 3. The van der Waals surface area contributed by atoms with E-state index in [2.05, 4.69) is 10.5 Å². The number of amides is 1. The van der Waals surface area contributed by atoms with E-state index in [1.165, 1.54) is 48.4 Å². The Kier molecular flexibility index (Phi) is 6.19. The standard InChI is InChI=1S/C21H24FN3O2/c1-15(23-24-21(27)16-5-8-19(22)9-6-16)17-7-10-20(26)18(13-17)14-25-11-3-2-4-12-25/h5-10,13,26H,2-4,11-12,14H2,1H3,(H,24,27)/p+1/b23-15+. The molecule has 1 saturated heterocycles. The van der Waals surface area contributed by atoms with Gasteiger partial charge < -0.3 is 10.0 Å². The second-order valence-electron chi connectivity index (χ2n) is 6.98. The molecular formula is C21H25FN3O2+. The van der Waals surface area contributed by atoms with Crippen molar-refractivity contribution in [3.63, 3.8) is 0 Å². The molecule has 0 radical (unpaired) electrons. The van der Waals surface area contributed by atoms with Gasteiger partial charge >= 0.3 is 0 Å². The summed E-state index contributed by atoms with van der Waals surface area (Å²) in [5.74, 6) is -0.496. The number of nitrogens with one attached hydrogen (secondary N) is 2. The fourth-order valence-corrected chi connectivity index (χ4v) is 3.32. The first-order chi connectivity index (χ1) is 13.0. The molecule has 0 aliphatic carbocycles. The quantitative estimate of drug-likeness (QED) is 0.558. The summed E-state index contributed by atoms with van der Waals surface area (Å²) >= 11 is 0. The van der Waals surface area contributed by atoms with Crippen molar-refractivity contribution in [1.29, 1.82) is 0 Å². The van der Waals surface area contributed by atoms with Crippen LogP contribution in [-0.4, -0.2) is 29.8 Å². The fraction of sp³-hybridized carbons (Fsp3) is 0.333. The third-order valence-electron chi connectivity index (χ3n) is 4.93. The van der Waals surface area contributed by atoms with Crippen molar-refractivity contribution in [1.82, 2.24) is 5.43 Å². The third-order valence-corrected chi connectivity index (χ3v) is 4.93. The number of phenolic OH excluding ortho intramolecular Hbond substituents is 1. The molecule has 3 rings (SSSR count). The highest BCUT2D eigenvalue weighted by atomic mass is 19.1. The molecule has 1 fully saturated rings. The molecule has 0 bridgehead atoms. The number of phenols is 1. The van der Waals surface area contributed by atoms with E-state index in [1.54, 1.807) is 19.1 Å². The molecule has 142 valence electrons. The van der Waals surface area contributed by atoms with Crippen LogP contribution in [0.25, 0.3) is 0 Å². The van der Waals surface area contributed by atoms with E-state index in [0.717, 1.165) is 30.8 Å². The Labute approximate surface area is 158 Å². The van der Waals surface area contributed by atoms with Gasteiger partial charge in [-0.05, 0) is 74.2 Å². The van der Waals surface area contributed by atoms with Crippen molar-refractivity contribution in [2.24, 2.45) is 5.10 Å². The van der Waals surface area contributed by atoms with Crippen molar-refractivity contribution >= 4 is 11.6 Å². The summed E-state index contributed by atoms with van der Waals surface area (Å²) in [5, 5.41) is 14.3. The zero-order valence-electron chi connectivity index (χ0n) is 15.5. The molecule has 0 unspecified atom stereocenters. The van der Waals surface area contributed by atoms with Crippen LogP contribution in [0.2, 0.25) is 0 Å². The monoisotopic (exact) mass is 370 g/mol. The molecule has 2 aromatic carbocycles. The van der Waals surface area contributed by atoms with E-state index in [1.807, 2.05) is 6.07 Å². The third kappa shape index (κ3) is 5.14. The zero-order chi connectivity index (χ0) is 19.2. The van der Waals surface area contributed by atoms with Gasteiger partial charge in [-0.2, -0.15) is 5.10 Å². The predicted octanol–water partition coefficient (Wildman–Crippen LogP) is 2.25. The molecule has 1 amide bonds. The Morgan fingerprint density at radius 3 is 2.48 bits per heavy atom. The van der Waals surface area contributed by atoms with Crippen molar-refractivity contribution < 1.29 is 19.2 Å². The number of nitrogens with zero attached hydrogens (tertiary/aromatic N) is 1. The van der Waals surface area contributed by atoms with E-state index in [-0.39, 0.29) is 0 Å². The number of carbonyl (C=O) groups excluding carboxylic acids is 1. The lowest BCUT2D eigenvalue weighted by Gasteiger charge is -2.24. The van der Waals surface area contributed by atoms with Crippen molar-refractivity contribution in [3.05, 3.63) is 65.0 Å². The summed E-state index contributed by atoms with van der Waals surface area (Å²) < 4.78 is 12.9. The number of hydrogen-bond donors (Lipinski definition) is 3. The van der Waals surface area contributed by atoms with Crippen LogP contribution in [-0.2, 0) is 6.54 Å². The van der Waals surface area contributed by atoms with Gasteiger partial charge in [0, 0.05) is 11.1 Å². The second-order valence-corrected chi connectivity index (χ2v) is 6.98. The number of quaternary nitrogens is 1. The molecule has 6 heteroatoms. The Bertz CT molecular complexity index is 828. The van der Waals surface area contributed by atoms with Gasteiger partial charge in [0.2, 0.25) is 0 Å². The normalized spacial score (nSPS) is 15.6. The lowest BCUT2D eigenvalue weighted by atomic mass is 10.0. The summed E-state index contributed by atoms with van der Waals surface area (Å²) in [5.41, 5.74) is 5.21. The average Bonchev–Trinajstić information content (AvgIpc) is 2.69. The van der Waals surface area contributed by atoms with Crippen LogP contribution >= 0.6 is 0 Å². The maximum atomic E-state index is 12.9. The molecule has 0 saturated carbocycles. The number of piperidine rings is 1. The van der Waals surface area contributed by atoms with E-state index in [4.69, 9.17) is 0 Å². The zero-order valence-corrected chi connectivity index (χ0v) is 15.5. The molecule has 3 N–H and O–H groups in total. The second kappa shape index (κ2) is 8.77. The van der Waals surface area contributed by atoms with E-state index >= 15 is 0 Å². The summed E-state index contributed by atoms with van der Waals surface area (Å²) in [7, 11) is 0. The van der Waals surface area contributed by atoms with Crippen LogP contribution in [0.5, 0.6) is 5.75 Å². The lowest BCUT2D eigenvalue weighted by molar-refractivity contribution is -0.918. The van der Waals surface area contributed by atoms with Gasteiger partial charge in [0.05, 0.1) is 18.8 Å². The molecule has 27 heavy (non-hydrogen) atoms. The van der Waals surface area contributed by atoms with Gasteiger partial charge in [-0.25, -0.2) is 9.82 Å². The molecule has 1 aliphatic rings. The number of hydrazone groups is 1. The maximum absolute atomic E-state index is 12.9. The minimum Gasteiger partial charge on any atom is -0.507 e. The van der Waals surface area contributed by atoms with Crippen LogP contribution < -0.4 is 10.3 Å². The molecule has 0 spiro atoms. The van der Waals surface area contributed by atoms with E-state index in [9.17, 15) is 14.3 Å². The Morgan fingerprint density at radius 1 is 1.11 bits per heavy atom. The highest BCUT2D eigenvalue weighted by molar-refractivity contribution is 6.01. The van der Waals surface area contributed by atoms with Crippen molar-refractivity contribution in [2.75, 3.05) is 13.1 Å². The Morgan fingerprint density at radius 2 is 1.78 bits per heavy atom. The minimum absolute atomic E-state index is 0.292. The topological polar surface area (TPSA) is 66.1 Å². The molecule has 0 aromatic heterocycles. The summed E-state index contributed by atoms with van der Waals surface area (Å²) in [6.07, 6.45) is 3.74. The van der Waals surface area contributed by atoms with Crippen LogP contribution in [0.15, 0.2) is 47.6 Å². The van der Waals surface area contributed by atoms with Gasteiger partial charge in [0.25, 0.3) is 5.91 Å². The number of benzene rings is 2. The highest BCUT2D eigenvalue weighted by Gasteiger charge is 2.16. The van der Waals surface area contributed by atoms with E-state index < -0.39 is 11.7 Å². The number of halogens is 1. The number of carbonyl (C=O) groups is 1. The number of rotatable bonds is 5. The maximum Gasteiger partial charge on any atom is 0.271 e. The largest absolute Gasteiger partial charge is 0.507 e. The molecule has 0 atom stereocenters. The van der Waals surface area contributed by atoms with Gasteiger partial charge in [0.1, 0.15) is 18.1 Å². The predicted molar refractivity (Wildman–Crippen MR) is 102 cm³/mol. The fourth-order valence-electron chi connectivity index (χ4n) is 3.32. The van der Waals surface area contributed by atoms with Crippen LogP contribution in [0.4, 0.5) is 4.39 Å². The van der Waals surface area contributed by atoms with Crippen LogP contribution in [0.3, 0.4) is 0 Å². The Balaban J connectivity index is 1.68. The highest BCUT2D eigenvalue weighted by Crippen LogP contribution is 2.18. The van der Waals surface area contributed by atoms with Crippen LogP contribution in [0.1, 0.15) is 47.7 Å². The van der Waals surface area contributed by atoms with Crippen LogP contribution in [0, 0.1) is 5.82 Å². The van der Waals surface area contributed by atoms with Gasteiger partial charge in [-0.1, -0.05) is 0 Å². The SMILES string of the molecule is C/C(=N\NC(=O)c1ccc(F)cc1)c1ccc(O)c(C[NH+]2CCCCC2)c1. The van der Waals surface area contributed by atoms with Crippen molar-refractivity contribution in [2.45, 2.75) is 32.7 Å². The minimum atomic E-state index is -0.397. The Hall–Kier alpha value is -2.73. The summed E-state index contributed by atoms with van der Waals surface area (Å²) in [4.78, 5) is 13.6.